The molecule has 7 nitrogen and oxygen atoms in total. The van der Waals surface area contributed by atoms with Crippen LogP contribution in [0.1, 0.15) is 31.8 Å². The van der Waals surface area contributed by atoms with E-state index in [0.717, 1.165) is 31.4 Å². The SMILES string of the molecule is CON=CC(F)C(OC(=O)c1ccc(C(F)(F)F)cc1)C(O)COC(=O)c1ccc(C(F)(F)F)cc1. The molecule has 0 saturated carbocycles. The number of rotatable bonds is 9. The molecule has 0 heterocycles. The summed E-state index contributed by atoms with van der Waals surface area (Å²) in [6.07, 6.45) is -15.2. The quantitative estimate of drug-likeness (QED) is 0.225. The Bertz CT molecular complexity index is 1050. The first-order valence-electron chi connectivity index (χ1n) is 9.85. The van der Waals surface area contributed by atoms with Gasteiger partial charge < -0.3 is 19.4 Å². The topological polar surface area (TPSA) is 94.4 Å². The minimum atomic E-state index is -4.67. The first kappa shape index (κ1) is 28.6. The molecule has 0 saturated heterocycles. The van der Waals surface area contributed by atoms with Crippen molar-refractivity contribution in [3.8, 4) is 0 Å². The van der Waals surface area contributed by atoms with Crippen molar-refractivity contribution in [2.75, 3.05) is 13.7 Å². The zero-order valence-electron chi connectivity index (χ0n) is 18.2. The second-order valence-corrected chi connectivity index (χ2v) is 7.07. The number of benzene rings is 2. The number of carbonyl (C=O) groups excluding carboxylic acids is 2. The first-order chi connectivity index (χ1) is 16.7. The number of aliphatic hydroxyl groups excluding tert-OH is 1. The van der Waals surface area contributed by atoms with Crippen LogP contribution in [0.3, 0.4) is 0 Å². The van der Waals surface area contributed by atoms with Crippen molar-refractivity contribution in [3.05, 3.63) is 70.8 Å². The van der Waals surface area contributed by atoms with Gasteiger partial charge in [-0.3, -0.25) is 0 Å². The van der Waals surface area contributed by atoms with Crippen molar-refractivity contribution in [3.63, 3.8) is 0 Å². The minimum Gasteiger partial charge on any atom is -0.459 e. The lowest BCUT2D eigenvalue weighted by Crippen LogP contribution is -2.43. The van der Waals surface area contributed by atoms with Gasteiger partial charge in [-0.15, -0.1) is 0 Å². The summed E-state index contributed by atoms with van der Waals surface area (Å²) >= 11 is 0. The fraction of sp³-hybridized carbons (Fsp3) is 0.318. The van der Waals surface area contributed by atoms with Crippen LogP contribution in [0.2, 0.25) is 0 Å². The highest BCUT2D eigenvalue weighted by atomic mass is 19.4. The lowest BCUT2D eigenvalue weighted by molar-refractivity contribution is -0.138. The average Bonchev–Trinajstić information content (AvgIpc) is 2.83. The van der Waals surface area contributed by atoms with Crippen molar-refractivity contribution < 1.29 is 59.7 Å². The Balaban J connectivity index is 2.11. The summed E-state index contributed by atoms with van der Waals surface area (Å²) in [4.78, 5) is 28.7. The molecular weight excluding hydrogens is 507 g/mol. The number of alkyl halides is 7. The lowest BCUT2D eigenvalue weighted by Gasteiger charge is -2.24. The van der Waals surface area contributed by atoms with Crippen molar-refractivity contribution in [2.45, 2.75) is 30.7 Å². The highest BCUT2D eigenvalue weighted by Crippen LogP contribution is 2.30. The second kappa shape index (κ2) is 11.8. The van der Waals surface area contributed by atoms with Gasteiger partial charge in [0, 0.05) is 0 Å². The van der Waals surface area contributed by atoms with Gasteiger partial charge >= 0.3 is 24.3 Å². The highest BCUT2D eigenvalue weighted by molar-refractivity contribution is 5.90. The number of nitrogens with zero attached hydrogens (tertiary/aromatic N) is 1. The van der Waals surface area contributed by atoms with Crippen LogP contribution in [-0.4, -0.2) is 55.4 Å². The van der Waals surface area contributed by atoms with E-state index < -0.39 is 66.0 Å². The maximum Gasteiger partial charge on any atom is 0.416 e. The number of hydrogen-bond acceptors (Lipinski definition) is 7. The number of oxime groups is 1. The summed E-state index contributed by atoms with van der Waals surface area (Å²) in [7, 11) is 1.06. The zero-order valence-corrected chi connectivity index (χ0v) is 18.2. The molecule has 0 amide bonds. The molecular formula is C22H18F7NO6. The molecule has 14 heteroatoms. The van der Waals surface area contributed by atoms with E-state index in [-0.39, 0.29) is 5.56 Å². The summed E-state index contributed by atoms with van der Waals surface area (Å²) in [6.45, 7) is -0.966. The van der Waals surface area contributed by atoms with Crippen molar-refractivity contribution in [2.24, 2.45) is 5.16 Å². The van der Waals surface area contributed by atoms with E-state index in [9.17, 15) is 45.4 Å². The molecule has 0 aromatic heterocycles. The van der Waals surface area contributed by atoms with Gasteiger partial charge in [-0.2, -0.15) is 26.3 Å². The molecule has 0 aliphatic rings. The molecule has 2 rings (SSSR count). The second-order valence-electron chi connectivity index (χ2n) is 7.07. The fourth-order valence-electron chi connectivity index (χ4n) is 2.68. The number of esters is 2. The van der Waals surface area contributed by atoms with Gasteiger partial charge in [-0.25, -0.2) is 14.0 Å². The van der Waals surface area contributed by atoms with Crippen LogP contribution in [-0.2, 0) is 26.7 Å². The third-order valence-corrected chi connectivity index (χ3v) is 4.53. The summed E-state index contributed by atoms with van der Waals surface area (Å²) in [5.41, 5.74) is -2.79. The summed E-state index contributed by atoms with van der Waals surface area (Å²) in [5.74, 6) is -2.48. The fourth-order valence-corrected chi connectivity index (χ4v) is 2.68. The van der Waals surface area contributed by atoms with Crippen LogP contribution in [0.5, 0.6) is 0 Å². The number of ether oxygens (including phenoxy) is 2. The number of aliphatic hydroxyl groups is 1. The molecule has 3 unspecified atom stereocenters. The molecule has 2 aromatic carbocycles. The highest BCUT2D eigenvalue weighted by Gasteiger charge is 2.34. The van der Waals surface area contributed by atoms with Crippen molar-refractivity contribution in [1.82, 2.24) is 0 Å². The molecule has 196 valence electrons. The molecule has 2 aromatic rings. The summed E-state index contributed by atoms with van der Waals surface area (Å²) < 4.78 is 100. The van der Waals surface area contributed by atoms with Crippen LogP contribution in [0, 0.1) is 0 Å². The first-order valence-corrected chi connectivity index (χ1v) is 9.85. The third kappa shape index (κ3) is 7.93. The predicted molar refractivity (Wildman–Crippen MR) is 109 cm³/mol. The van der Waals surface area contributed by atoms with Gasteiger partial charge in [0.1, 0.15) is 19.8 Å². The van der Waals surface area contributed by atoms with Crippen LogP contribution in [0.4, 0.5) is 30.7 Å². The van der Waals surface area contributed by atoms with Crippen molar-refractivity contribution in [1.29, 1.82) is 0 Å². The van der Waals surface area contributed by atoms with Gasteiger partial charge in [-0.05, 0) is 48.5 Å². The minimum absolute atomic E-state index is 0.314. The predicted octanol–water partition coefficient (Wildman–Crippen LogP) is 4.44. The van der Waals surface area contributed by atoms with Gasteiger partial charge in [0.2, 0.25) is 0 Å². The number of carbonyl (C=O) groups is 2. The lowest BCUT2D eigenvalue weighted by atomic mass is 10.1. The normalized spacial score (nSPS) is 14.7. The Kier molecular flexibility index (Phi) is 9.39. The van der Waals surface area contributed by atoms with Crippen molar-refractivity contribution >= 4 is 18.2 Å². The molecule has 0 radical (unpaired) electrons. The van der Waals surface area contributed by atoms with E-state index in [1.807, 2.05) is 0 Å². The molecule has 3 atom stereocenters. The average molecular weight is 525 g/mol. The molecule has 0 aliphatic heterocycles. The van der Waals surface area contributed by atoms with E-state index in [1.165, 1.54) is 0 Å². The maximum absolute atomic E-state index is 14.5. The maximum atomic E-state index is 14.5. The van der Waals surface area contributed by atoms with Crippen LogP contribution in [0.15, 0.2) is 53.7 Å². The van der Waals surface area contributed by atoms with E-state index in [4.69, 9.17) is 9.47 Å². The summed E-state index contributed by atoms with van der Waals surface area (Å²) in [5, 5.41) is 13.4. The van der Waals surface area contributed by atoms with Gasteiger partial charge in [0.25, 0.3) is 0 Å². The molecule has 0 fully saturated rings. The van der Waals surface area contributed by atoms with E-state index in [0.29, 0.717) is 30.5 Å². The van der Waals surface area contributed by atoms with E-state index >= 15 is 0 Å². The standard InChI is InChI=1S/C22H18F7NO6/c1-34-30-10-16(23)18(36-20(33)13-4-8-15(9-5-13)22(27,28)29)17(31)11-35-19(32)12-2-6-14(7-3-12)21(24,25)26/h2-10,16-18,31H,11H2,1H3. The number of hydrogen-bond donors (Lipinski definition) is 1. The Morgan fingerprint density at radius 3 is 1.75 bits per heavy atom. The number of halogens is 7. The third-order valence-electron chi connectivity index (χ3n) is 4.53. The van der Waals surface area contributed by atoms with E-state index in [2.05, 4.69) is 9.99 Å². The Morgan fingerprint density at radius 1 is 0.889 bits per heavy atom. The smallest absolute Gasteiger partial charge is 0.416 e. The Labute approximate surface area is 199 Å². The van der Waals surface area contributed by atoms with Gasteiger partial charge in [0.05, 0.1) is 28.5 Å². The van der Waals surface area contributed by atoms with Crippen LogP contribution < -0.4 is 0 Å². The Hall–Kier alpha value is -3.68. The van der Waals surface area contributed by atoms with Gasteiger partial charge in [0.15, 0.2) is 12.3 Å². The molecule has 0 bridgehead atoms. The Morgan fingerprint density at radius 2 is 1.33 bits per heavy atom. The van der Waals surface area contributed by atoms with E-state index in [1.54, 1.807) is 0 Å². The van der Waals surface area contributed by atoms with Gasteiger partial charge in [-0.1, -0.05) is 5.16 Å². The molecule has 36 heavy (non-hydrogen) atoms. The van der Waals surface area contributed by atoms with Crippen LogP contribution in [0.25, 0.3) is 0 Å². The van der Waals surface area contributed by atoms with Crippen LogP contribution >= 0.6 is 0 Å². The monoisotopic (exact) mass is 525 g/mol. The molecule has 0 aliphatic carbocycles. The molecule has 1 N–H and O–H groups in total. The zero-order chi connectivity index (χ0) is 27.1. The summed E-state index contributed by atoms with van der Waals surface area (Å²) in [6, 6.07) is 5.62. The molecule has 0 spiro atoms. The largest absolute Gasteiger partial charge is 0.459 e.